The van der Waals surface area contributed by atoms with E-state index < -0.39 is 24.3 Å². The van der Waals surface area contributed by atoms with Crippen molar-refractivity contribution in [3.05, 3.63) is 146 Å². The number of unbranched alkanes of at least 4 members (excludes halogenated alkanes) is 34. The van der Waals surface area contributed by atoms with Crippen molar-refractivity contribution < 1.29 is 42.9 Å². The van der Waals surface area contributed by atoms with Crippen LogP contribution >= 0.6 is 0 Å². The molecule has 0 saturated carbocycles. The third-order valence-corrected chi connectivity index (χ3v) is 17.1. The maximum atomic E-state index is 12.9. The van der Waals surface area contributed by atoms with Gasteiger partial charge in [-0.1, -0.05) is 346 Å². The molecule has 9 heteroatoms. The Morgan fingerprint density at radius 3 is 0.897 bits per heavy atom. The van der Waals surface area contributed by atoms with Crippen LogP contribution in [0.15, 0.2) is 146 Å². The predicted octanol–water partition coefficient (Wildman–Crippen LogP) is 24.5. The van der Waals surface area contributed by atoms with E-state index in [4.69, 9.17) is 18.9 Å². The van der Waals surface area contributed by atoms with E-state index in [2.05, 4.69) is 160 Å². The zero-order chi connectivity index (χ0) is 70.4. The van der Waals surface area contributed by atoms with E-state index >= 15 is 0 Å². The third-order valence-electron chi connectivity index (χ3n) is 17.1. The lowest BCUT2D eigenvalue weighted by atomic mass is 10.0. The summed E-state index contributed by atoms with van der Waals surface area (Å²) in [5, 5.41) is 11.9. The second kappa shape index (κ2) is 76.9. The molecule has 0 aliphatic rings. The number of ether oxygens (including phenoxy) is 4. The Kier molecular flexibility index (Phi) is 73.1. The van der Waals surface area contributed by atoms with Crippen LogP contribution in [0.2, 0.25) is 0 Å². The minimum Gasteiger partial charge on any atom is -0.545 e. The van der Waals surface area contributed by atoms with Gasteiger partial charge in [-0.15, -0.1) is 0 Å². The smallest absolute Gasteiger partial charge is 0.306 e. The van der Waals surface area contributed by atoms with Crippen molar-refractivity contribution in [2.45, 2.75) is 347 Å². The molecule has 0 rings (SSSR count). The second-order valence-corrected chi connectivity index (χ2v) is 27.6. The van der Waals surface area contributed by atoms with E-state index in [-0.39, 0.29) is 38.6 Å². The van der Waals surface area contributed by atoms with Crippen LogP contribution < -0.4 is 5.11 Å². The van der Waals surface area contributed by atoms with Crippen LogP contribution in [0.4, 0.5) is 0 Å². The Bertz CT molecular complexity index is 2110. The molecule has 0 aromatic rings. The van der Waals surface area contributed by atoms with Gasteiger partial charge in [-0.2, -0.15) is 0 Å². The fourth-order valence-corrected chi connectivity index (χ4v) is 11.0. The summed E-state index contributed by atoms with van der Waals surface area (Å²) < 4.78 is 22.8. The summed E-state index contributed by atoms with van der Waals surface area (Å²) in [5.41, 5.74) is 0. The van der Waals surface area contributed by atoms with Crippen molar-refractivity contribution in [3.63, 3.8) is 0 Å². The molecular weight excluding hydrogens is 1200 g/mol. The first-order chi connectivity index (χ1) is 47.6. The molecule has 0 N–H and O–H groups in total. The Morgan fingerprint density at radius 2 is 0.588 bits per heavy atom. The second-order valence-electron chi connectivity index (χ2n) is 27.6. The number of quaternary nitrogens is 1. The third kappa shape index (κ3) is 78.4. The first-order valence-electron chi connectivity index (χ1n) is 40.0. The Morgan fingerprint density at radius 1 is 0.320 bits per heavy atom. The normalized spacial score (nSPS) is 13.5. The number of allylic oxidation sites excluding steroid dienone is 24. The molecule has 554 valence electrons. The van der Waals surface area contributed by atoms with E-state index in [0.717, 1.165) is 103 Å². The lowest BCUT2D eigenvalue weighted by Crippen LogP contribution is -2.44. The zero-order valence-electron chi connectivity index (χ0n) is 63.4. The fourth-order valence-electron chi connectivity index (χ4n) is 11.0. The number of aliphatic carboxylic acids is 1. The zero-order valence-corrected chi connectivity index (χ0v) is 63.4. The number of carboxylic acids is 1. The van der Waals surface area contributed by atoms with Gasteiger partial charge in [0.05, 0.1) is 40.3 Å². The number of hydrogen-bond donors (Lipinski definition) is 0. The molecule has 9 nitrogen and oxygen atoms in total. The van der Waals surface area contributed by atoms with Crippen LogP contribution in [0.5, 0.6) is 0 Å². The molecule has 2 atom stereocenters. The molecule has 0 heterocycles. The first-order valence-corrected chi connectivity index (χ1v) is 40.0. The summed E-state index contributed by atoms with van der Waals surface area (Å²) in [6.45, 7) is 4.59. The maximum Gasteiger partial charge on any atom is 0.306 e. The summed E-state index contributed by atoms with van der Waals surface area (Å²) in [5.74, 6) is -2.34. The van der Waals surface area contributed by atoms with E-state index in [1.165, 1.54) is 199 Å². The molecule has 0 aromatic carbocycles. The van der Waals surface area contributed by atoms with Crippen LogP contribution in [-0.2, 0) is 33.3 Å². The molecule has 0 amide bonds. The van der Waals surface area contributed by atoms with Gasteiger partial charge in [0, 0.05) is 12.8 Å². The van der Waals surface area contributed by atoms with Crippen LogP contribution in [0, 0.1) is 0 Å². The van der Waals surface area contributed by atoms with Gasteiger partial charge in [0.25, 0.3) is 0 Å². The quantitative estimate of drug-likeness (QED) is 0.0195. The topological polar surface area (TPSA) is 111 Å². The van der Waals surface area contributed by atoms with E-state index in [9.17, 15) is 19.5 Å². The predicted molar refractivity (Wildman–Crippen MR) is 416 cm³/mol. The molecule has 0 saturated heterocycles. The lowest BCUT2D eigenvalue weighted by Gasteiger charge is -2.26. The number of rotatable bonds is 73. The van der Waals surface area contributed by atoms with Gasteiger partial charge >= 0.3 is 11.9 Å². The fraction of sp³-hybridized carbons (Fsp3) is 0.693. The molecule has 0 fully saturated rings. The largest absolute Gasteiger partial charge is 0.545 e. The van der Waals surface area contributed by atoms with E-state index in [1.54, 1.807) is 0 Å². The average Bonchev–Trinajstić information content (AvgIpc) is 2.59. The van der Waals surface area contributed by atoms with Crippen molar-refractivity contribution in [1.29, 1.82) is 0 Å². The van der Waals surface area contributed by atoms with E-state index in [0.29, 0.717) is 17.4 Å². The van der Waals surface area contributed by atoms with Gasteiger partial charge in [-0.25, -0.2) is 0 Å². The highest BCUT2D eigenvalue weighted by molar-refractivity contribution is 5.70. The number of carbonyl (C=O) groups is 3. The van der Waals surface area contributed by atoms with Crippen molar-refractivity contribution in [1.82, 2.24) is 0 Å². The minimum atomic E-state index is -1.64. The molecule has 0 bridgehead atoms. The number of nitrogens with zero attached hydrogens (tertiary/aromatic N) is 1. The molecule has 2 unspecified atom stereocenters. The monoisotopic (exact) mass is 1350 g/mol. The molecule has 0 aromatic heterocycles. The van der Waals surface area contributed by atoms with Crippen LogP contribution in [-0.4, -0.2) is 82.3 Å². The molecule has 0 aliphatic carbocycles. The van der Waals surface area contributed by atoms with Crippen molar-refractivity contribution >= 4 is 17.9 Å². The minimum absolute atomic E-state index is 0.133. The van der Waals surface area contributed by atoms with Crippen LogP contribution in [0.25, 0.3) is 0 Å². The van der Waals surface area contributed by atoms with E-state index in [1.807, 2.05) is 21.1 Å². The SMILES string of the molecule is CC/C=C\C/C=C\C/C=C\C/C=C\C/C=C\C/C=C\C/C=C\C/C=C\C/C=C\C/C=C\CCCCC(=O)OC(COC(=O)CCCCCCCCCCCCCCCCCCCCCCCCCCCCC/C=C\C/C=C\CCCCCCC)COC(OCC[N+](C)(C)C)C(=O)[O-]. The highest BCUT2D eigenvalue weighted by Crippen LogP contribution is 2.18. The summed E-state index contributed by atoms with van der Waals surface area (Å²) in [7, 11) is 5.92. The molecule has 0 aliphatic heterocycles. The Labute approximate surface area is 598 Å². The number of hydrogen-bond acceptors (Lipinski definition) is 8. The maximum absolute atomic E-state index is 12.9. The van der Waals surface area contributed by atoms with Gasteiger partial charge in [0.1, 0.15) is 13.2 Å². The summed E-state index contributed by atoms with van der Waals surface area (Å²) in [4.78, 5) is 37.6. The van der Waals surface area contributed by atoms with Gasteiger partial charge in [-0.05, 0) is 122 Å². The standard InChI is InChI=1S/C88H149NO8/c1-6-8-10-12-14-16-18-20-22-24-26-28-30-32-34-36-38-40-41-42-43-44-45-47-48-50-52-54-56-58-60-62-64-66-68-70-72-74-76-78-85(90)95-82-84(83-96-88(87(92)93)94-81-80-89(3,4)5)97-86(91)79-77-75-73-71-69-67-65-63-61-59-57-55-53-51-49-46-39-37-35-33-31-29-27-25-23-21-19-17-15-13-11-9-7-2/h9,11,15,17-18,20-21,23-24,26-27,29,33,35,39,46,51,53,57,59,63,65,69,71,84,88H,6-8,10,12-14,16,19,22,25,28,30-32,34,36-38,40-45,47-50,52,54-56,58,60-62,64,66-68,70,72-83H2,1-5H3/b11-9-,17-15-,20-18-,23-21-,26-24-,29-27-,35-33-,46-39-,53-51-,59-57-,65-63-,71-69-. The summed E-state index contributed by atoms with van der Waals surface area (Å²) in [6, 6.07) is 0. The molecule has 0 radical (unpaired) electrons. The molecule has 0 spiro atoms. The van der Waals surface area contributed by atoms with Gasteiger partial charge in [0.15, 0.2) is 12.4 Å². The van der Waals surface area contributed by atoms with Crippen molar-refractivity contribution in [2.75, 3.05) is 47.5 Å². The number of carboxylic acid groups (broad SMARTS) is 1. The number of carbonyl (C=O) groups excluding carboxylic acids is 3. The molecule has 97 heavy (non-hydrogen) atoms. The highest BCUT2D eigenvalue weighted by atomic mass is 16.7. The number of likely N-dealkylation sites (N-methyl/N-ethyl adjacent to an activating group) is 1. The van der Waals surface area contributed by atoms with Gasteiger partial charge in [-0.3, -0.25) is 9.59 Å². The van der Waals surface area contributed by atoms with Crippen LogP contribution in [0.1, 0.15) is 335 Å². The first kappa shape index (κ1) is 92.2. The van der Waals surface area contributed by atoms with Crippen LogP contribution in [0.3, 0.4) is 0 Å². The summed E-state index contributed by atoms with van der Waals surface area (Å²) >= 11 is 0. The van der Waals surface area contributed by atoms with Gasteiger partial charge in [0.2, 0.25) is 0 Å². The van der Waals surface area contributed by atoms with Crippen molar-refractivity contribution in [2.24, 2.45) is 0 Å². The lowest BCUT2D eigenvalue weighted by molar-refractivity contribution is -0.870. The Hall–Kier alpha value is -4.83. The van der Waals surface area contributed by atoms with Crippen molar-refractivity contribution in [3.8, 4) is 0 Å². The molecular formula is C88H149NO8. The average molecular weight is 1350 g/mol. The van der Waals surface area contributed by atoms with Gasteiger partial charge < -0.3 is 33.3 Å². The summed E-state index contributed by atoms with van der Waals surface area (Å²) in [6.07, 6.45) is 110. The Balaban J connectivity index is 4.10. The highest BCUT2D eigenvalue weighted by Gasteiger charge is 2.22. The number of esters is 2.